The molecule has 0 N–H and O–H groups in total. The number of amides is 2. The van der Waals surface area contributed by atoms with Gasteiger partial charge in [0.1, 0.15) is 0 Å². The monoisotopic (exact) mass is 342 g/mol. The summed E-state index contributed by atoms with van der Waals surface area (Å²) in [5, 5.41) is 8.12. The minimum absolute atomic E-state index is 0.161. The lowest BCUT2D eigenvalue weighted by molar-refractivity contribution is -0.143. The molecule has 0 bridgehead atoms. The summed E-state index contributed by atoms with van der Waals surface area (Å²) >= 11 is 0. The minimum Gasteiger partial charge on any atom is -0.345 e. The number of fused-ring (bicyclic) bond motifs is 1. The Balaban J connectivity index is 1.64. The van der Waals surface area contributed by atoms with E-state index in [1.54, 1.807) is 14.2 Å². The van der Waals surface area contributed by atoms with Crippen LogP contribution in [0.25, 0.3) is 5.78 Å². The highest BCUT2D eigenvalue weighted by molar-refractivity contribution is 5.93. The van der Waals surface area contributed by atoms with Gasteiger partial charge in [0.05, 0.1) is 5.41 Å². The molecule has 4 heterocycles. The first kappa shape index (κ1) is 16.0. The van der Waals surface area contributed by atoms with Crippen LogP contribution in [0.5, 0.6) is 0 Å². The van der Waals surface area contributed by atoms with Gasteiger partial charge in [0.15, 0.2) is 0 Å². The van der Waals surface area contributed by atoms with Crippen molar-refractivity contribution >= 4 is 17.6 Å². The van der Waals surface area contributed by atoms with E-state index in [0.29, 0.717) is 18.9 Å². The van der Waals surface area contributed by atoms with Crippen molar-refractivity contribution in [2.75, 3.05) is 26.7 Å². The maximum absolute atomic E-state index is 13.0. The van der Waals surface area contributed by atoms with Gasteiger partial charge in [0.25, 0.3) is 11.7 Å². The van der Waals surface area contributed by atoms with Crippen LogP contribution in [0.2, 0.25) is 0 Å². The Morgan fingerprint density at radius 3 is 2.80 bits per heavy atom. The summed E-state index contributed by atoms with van der Waals surface area (Å²) in [6, 6.07) is 1.90. The first-order chi connectivity index (χ1) is 11.9. The summed E-state index contributed by atoms with van der Waals surface area (Å²) in [5.74, 6) is 0.685. The van der Waals surface area contributed by atoms with E-state index >= 15 is 0 Å². The molecule has 0 aromatic carbocycles. The van der Waals surface area contributed by atoms with Crippen LogP contribution in [0.4, 0.5) is 0 Å². The number of likely N-dealkylation sites (tertiary alicyclic amines) is 2. The summed E-state index contributed by atoms with van der Waals surface area (Å²) in [5.41, 5.74) is 1.29. The van der Waals surface area contributed by atoms with Gasteiger partial charge in [-0.05, 0) is 39.2 Å². The number of carbonyl (C=O) groups excluding carboxylic acids is 2. The molecule has 2 saturated heterocycles. The first-order valence-electron chi connectivity index (χ1n) is 8.65. The molecule has 2 aliphatic heterocycles. The molecular formula is C17H22N6O2. The highest BCUT2D eigenvalue weighted by Crippen LogP contribution is 2.40. The van der Waals surface area contributed by atoms with E-state index in [4.69, 9.17) is 0 Å². The molecule has 0 aliphatic carbocycles. The molecule has 0 radical (unpaired) electrons. The van der Waals surface area contributed by atoms with Gasteiger partial charge >= 0.3 is 0 Å². The third-order valence-electron chi connectivity index (χ3n) is 5.47. The summed E-state index contributed by atoms with van der Waals surface area (Å²) in [6.07, 6.45) is 2.55. The van der Waals surface area contributed by atoms with Crippen LogP contribution in [-0.4, -0.2) is 67.9 Å². The van der Waals surface area contributed by atoms with Crippen molar-refractivity contribution in [3.05, 3.63) is 23.3 Å². The molecule has 8 nitrogen and oxygen atoms in total. The maximum atomic E-state index is 13.0. The quantitative estimate of drug-likeness (QED) is 0.766. The van der Waals surface area contributed by atoms with E-state index in [-0.39, 0.29) is 17.6 Å². The fourth-order valence-corrected chi connectivity index (χ4v) is 4.20. The smallest absolute Gasteiger partial charge is 0.292 e. The van der Waals surface area contributed by atoms with E-state index in [0.717, 1.165) is 37.2 Å². The Morgan fingerprint density at radius 1 is 1.20 bits per heavy atom. The van der Waals surface area contributed by atoms with Gasteiger partial charge in [-0.1, -0.05) is 0 Å². The minimum atomic E-state index is -0.424. The number of hydrogen-bond donors (Lipinski definition) is 0. The molecule has 4 rings (SSSR count). The van der Waals surface area contributed by atoms with Crippen molar-refractivity contribution in [1.82, 2.24) is 29.4 Å². The van der Waals surface area contributed by atoms with Crippen molar-refractivity contribution in [2.45, 2.75) is 33.1 Å². The molecule has 0 saturated carbocycles. The number of rotatable bonds is 1. The van der Waals surface area contributed by atoms with E-state index in [1.807, 2.05) is 27.0 Å². The van der Waals surface area contributed by atoms with Gasteiger partial charge in [-0.2, -0.15) is 0 Å². The van der Waals surface area contributed by atoms with Crippen LogP contribution in [0.15, 0.2) is 6.07 Å². The molecule has 2 aliphatic rings. The van der Waals surface area contributed by atoms with Crippen LogP contribution < -0.4 is 0 Å². The highest BCUT2D eigenvalue weighted by Gasteiger charge is 2.49. The zero-order valence-electron chi connectivity index (χ0n) is 14.8. The van der Waals surface area contributed by atoms with Crippen LogP contribution in [-0.2, 0) is 4.79 Å². The predicted molar refractivity (Wildman–Crippen MR) is 90.1 cm³/mol. The lowest BCUT2D eigenvalue weighted by Crippen LogP contribution is -2.48. The molecule has 1 spiro atoms. The van der Waals surface area contributed by atoms with Crippen molar-refractivity contribution in [3.8, 4) is 0 Å². The molecule has 1 unspecified atom stereocenters. The Labute approximate surface area is 145 Å². The Bertz CT molecular complexity index is 875. The van der Waals surface area contributed by atoms with Gasteiger partial charge < -0.3 is 9.80 Å². The summed E-state index contributed by atoms with van der Waals surface area (Å²) in [4.78, 5) is 33.5. The third kappa shape index (κ3) is 2.39. The average molecular weight is 342 g/mol. The number of carbonyl (C=O) groups is 2. The van der Waals surface area contributed by atoms with Gasteiger partial charge in [-0.15, -0.1) is 10.2 Å². The van der Waals surface area contributed by atoms with Crippen LogP contribution in [0, 0.1) is 19.3 Å². The van der Waals surface area contributed by atoms with Crippen molar-refractivity contribution in [1.29, 1.82) is 0 Å². The summed E-state index contributed by atoms with van der Waals surface area (Å²) in [7, 11) is 1.84. The fraction of sp³-hybridized carbons (Fsp3) is 0.588. The number of piperidine rings is 1. The van der Waals surface area contributed by atoms with Gasteiger partial charge in [0.2, 0.25) is 11.7 Å². The second-order valence-corrected chi connectivity index (χ2v) is 7.29. The largest absolute Gasteiger partial charge is 0.345 e. The number of hydrogen-bond acceptors (Lipinski definition) is 5. The molecular weight excluding hydrogens is 320 g/mol. The van der Waals surface area contributed by atoms with Crippen LogP contribution >= 0.6 is 0 Å². The standard InChI is InChI=1S/C17H22N6O2/c1-11-9-12(2)23-13(19-20-16(23)18-11)14(24)22-8-6-17(10-22)5-4-7-21(3)15(17)25/h9H,4-8,10H2,1-3H3. The summed E-state index contributed by atoms with van der Waals surface area (Å²) in [6.45, 7) is 5.63. The second kappa shape index (κ2) is 5.50. The van der Waals surface area contributed by atoms with Crippen molar-refractivity contribution in [2.24, 2.45) is 5.41 Å². The molecule has 2 amide bonds. The first-order valence-corrected chi connectivity index (χ1v) is 8.65. The van der Waals surface area contributed by atoms with Gasteiger partial charge in [0, 0.05) is 38.1 Å². The van der Waals surface area contributed by atoms with E-state index in [2.05, 4.69) is 15.2 Å². The van der Waals surface area contributed by atoms with E-state index < -0.39 is 5.41 Å². The maximum Gasteiger partial charge on any atom is 0.292 e. The molecule has 2 aromatic heterocycles. The zero-order chi connectivity index (χ0) is 17.8. The molecule has 2 aromatic rings. The zero-order valence-corrected chi connectivity index (χ0v) is 14.8. The normalized spacial score (nSPS) is 23.9. The van der Waals surface area contributed by atoms with Gasteiger partial charge in [-0.3, -0.25) is 14.0 Å². The Kier molecular flexibility index (Phi) is 3.52. The van der Waals surface area contributed by atoms with Crippen molar-refractivity contribution < 1.29 is 9.59 Å². The number of aromatic nitrogens is 4. The average Bonchev–Trinajstić information content (AvgIpc) is 3.17. The third-order valence-corrected chi connectivity index (χ3v) is 5.47. The SMILES string of the molecule is Cc1cc(C)n2c(C(=O)N3CCC4(CCCN(C)C4=O)C3)nnc2n1. The number of nitrogens with zero attached hydrogens (tertiary/aromatic N) is 6. The van der Waals surface area contributed by atoms with Crippen molar-refractivity contribution in [3.63, 3.8) is 0 Å². The second-order valence-electron chi connectivity index (χ2n) is 7.29. The Hall–Kier alpha value is -2.51. The lowest BCUT2D eigenvalue weighted by atomic mass is 9.78. The predicted octanol–water partition coefficient (Wildman–Crippen LogP) is 0.826. The van der Waals surface area contributed by atoms with E-state index in [1.165, 1.54) is 0 Å². The highest BCUT2D eigenvalue weighted by atomic mass is 16.2. The molecule has 25 heavy (non-hydrogen) atoms. The lowest BCUT2D eigenvalue weighted by Gasteiger charge is -2.37. The fourth-order valence-electron chi connectivity index (χ4n) is 4.20. The molecule has 1 atom stereocenters. The Morgan fingerprint density at radius 2 is 2.00 bits per heavy atom. The molecule has 2 fully saturated rings. The number of aryl methyl sites for hydroxylation is 2. The van der Waals surface area contributed by atoms with Crippen LogP contribution in [0.3, 0.4) is 0 Å². The van der Waals surface area contributed by atoms with Gasteiger partial charge in [-0.25, -0.2) is 4.98 Å². The van der Waals surface area contributed by atoms with E-state index in [9.17, 15) is 9.59 Å². The topological polar surface area (TPSA) is 83.7 Å². The molecule has 132 valence electrons. The van der Waals surface area contributed by atoms with Crippen LogP contribution in [0.1, 0.15) is 41.3 Å². The summed E-state index contributed by atoms with van der Waals surface area (Å²) < 4.78 is 1.69. The molecule has 8 heteroatoms.